The maximum Gasteiger partial charge on any atom is 0.0967 e. The first-order chi connectivity index (χ1) is 6.61. The van der Waals surface area contributed by atoms with Crippen molar-refractivity contribution >= 4 is 66.3 Å². The first kappa shape index (κ1) is 12.1. The molecule has 0 saturated heterocycles. The summed E-state index contributed by atoms with van der Waals surface area (Å²) in [6, 6.07) is 3.95. The molecule has 1 aromatic carbocycles. The quantitative estimate of drug-likeness (QED) is 0.503. The highest BCUT2D eigenvalue weighted by molar-refractivity contribution is 9.24. The predicted octanol–water partition coefficient (Wildman–Crippen LogP) is 5.21. The number of alkyl halides is 2. The summed E-state index contributed by atoms with van der Waals surface area (Å²) in [5.74, 6) is 0. The zero-order valence-corrected chi connectivity index (χ0v) is 12.1. The lowest BCUT2D eigenvalue weighted by atomic mass is 10.1. The molecule has 0 unspecified atom stereocenters. The van der Waals surface area contributed by atoms with E-state index in [0.717, 1.165) is 21.3 Å². The Bertz CT molecular complexity index is 372. The van der Waals surface area contributed by atoms with E-state index in [1.54, 1.807) is 6.08 Å². The molecule has 14 heavy (non-hydrogen) atoms. The predicted molar refractivity (Wildman–Crippen MR) is 74.0 cm³/mol. The Morgan fingerprint density at radius 3 is 2.43 bits per heavy atom. The third-order valence-electron chi connectivity index (χ3n) is 1.79. The van der Waals surface area contributed by atoms with Gasteiger partial charge in [-0.1, -0.05) is 66.5 Å². The van der Waals surface area contributed by atoms with E-state index in [0.29, 0.717) is 0 Å². The van der Waals surface area contributed by atoms with E-state index in [9.17, 15) is 0 Å². The topological polar surface area (TPSA) is 12.4 Å². The van der Waals surface area contributed by atoms with Gasteiger partial charge in [-0.25, -0.2) is 0 Å². The van der Waals surface area contributed by atoms with Gasteiger partial charge in [0.1, 0.15) is 0 Å². The molecule has 0 aromatic heterocycles. The molecule has 0 bridgehead atoms. The Morgan fingerprint density at radius 2 is 2.00 bits per heavy atom. The Balaban J connectivity index is 3.48. The molecule has 74 valence electrons. The van der Waals surface area contributed by atoms with Gasteiger partial charge in [0.15, 0.2) is 0 Å². The summed E-state index contributed by atoms with van der Waals surface area (Å²) in [6.07, 6.45) is 1.76. The average Bonchev–Trinajstić information content (AvgIpc) is 2.16. The Morgan fingerprint density at radius 1 is 1.36 bits per heavy atom. The van der Waals surface area contributed by atoms with E-state index in [4.69, 9.17) is 0 Å². The first-order valence-electron chi connectivity index (χ1n) is 3.81. The van der Waals surface area contributed by atoms with Crippen LogP contribution >= 0.6 is 47.8 Å². The van der Waals surface area contributed by atoms with Crippen LogP contribution in [-0.4, -0.2) is 6.72 Å². The van der Waals surface area contributed by atoms with Gasteiger partial charge in [-0.05, 0) is 12.8 Å². The Labute approximate surface area is 109 Å². The summed E-state index contributed by atoms with van der Waals surface area (Å²) in [5, 5.41) is 0. The normalized spacial score (nSPS) is 10.3. The molecule has 0 heterocycles. The summed E-state index contributed by atoms with van der Waals surface area (Å²) in [6.45, 7) is 7.32. The molecule has 4 heteroatoms. The number of aliphatic imine (C=N–C) groups is 1. The van der Waals surface area contributed by atoms with Crippen LogP contribution in [0.15, 0.2) is 28.2 Å². The lowest BCUT2D eigenvalue weighted by molar-refractivity contribution is 1.35. The molecule has 1 rings (SSSR count). The average molecular weight is 382 g/mol. The minimum atomic E-state index is 0.0716. The fourth-order valence-corrected chi connectivity index (χ4v) is 2.37. The molecular formula is C10H8Br3N. The number of benzene rings is 1. The van der Waals surface area contributed by atoms with Crippen molar-refractivity contribution in [2.75, 3.05) is 0 Å². The van der Waals surface area contributed by atoms with Gasteiger partial charge in [-0.2, -0.15) is 0 Å². The van der Waals surface area contributed by atoms with Crippen LogP contribution in [0.3, 0.4) is 0 Å². The fraction of sp³-hybridized carbons (Fsp3) is 0.100. The molecule has 0 fully saturated rings. The third kappa shape index (κ3) is 2.35. The van der Waals surface area contributed by atoms with Gasteiger partial charge < -0.3 is 0 Å². The highest BCUT2D eigenvalue weighted by Gasteiger charge is 2.12. The van der Waals surface area contributed by atoms with Crippen LogP contribution in [0.4, 0.5) is 5.69 Å². The number of halogens is 3. The minimum absolute atomic E-state index is 0.0716. The van der Waals surface area contributed by atoms with Crippen LogP contribution in [0, 0.1) is 0 Å². The highest BCUT2D eigenvalue weighted by atomic mass is 79.9. The zero-order valence-electron chi connectivity index (χ0n) is 7.30. The number of rotatable bonds is 3. The molecule has 0 saturated carbocycles. The summed E-state index contributed by atoms with van der Waals surface area (Å²) in [4.78, 5) is 4.01. The first-order valence-corrected chi connectivity index (χ1v) is 6.44. The molecule has 0 radical (unpaired) electrons. The monoisotopic (exact) mass is 379 g/mol. The van der Waals surface area contributed by atoms with E-state index in [2.05, 4.69) is 66.1 Å². The van der Waals surface area contributed by atoms with Crippen molar-refractivity contribution in [3.8, 4) is 0 Å². The molecule has 1 nitrogen and oxygen atoms in total. The van der Waals surface area contributed by atoms with Crippen LogP contribution in [0.1, 0.15) is 14.9 Å². The van der Waals surface area contributed by atoms with Crippen molar-refractivity contribution in [1.29, 1.82) is 0 Å². The SMILES string of the molecule is C=Cc1c(Br)ccc(C(Br)Br)c1N=C. The van der Waals surface area contributed by atoms with Crippen molar-refractivity contribution in [3.63, 3.8) is 0 Å². The maximum atomic E-state index is 4.01. The number of hydrogen-bond acceptors (Lipinski definition) is 1. The molecule has 0 amide bonds. The minimum Gasteiger partial charge on any atom is -0.264 e. The second-order valence-corrected chi connectivity index (χ2v) is 6.48. The number of nitrogens with zero attached hydrogens (tertiary/aromatic N) is 1. The smallest absolute Gasteiger partial charge is 0.0967 e. The highest BCUT2D eigenvalue weighted by Crippen LogP contribution is 2.40. The zero-order chi connectivity index (χ0) is 10.7. The van der Waals surface area contributed by atoms with Crippen LogP contribution < -0.4 is 0 Å². The molecular weight excluding hydrogens is 374 g/mol. The van der Waals surface area contributed by atoms with E-state index >= 15 is 0 Å². The standard InChI is InChI=1S/C10H8Br3N/c1-3-6-8(11)5-4-7(10(12)13)9(6)14-2/h3-5,10H,1-2H2. The van der Waals surface area contributed by atoms with Crippen LogP contribution in [-0.2, 0) is 0 Å². The van der Waals surface area contributed by atoms with E-state index in [-0.39, 0.29) is 3.74 Å². The lowest BCUT2D eigenvalue weighted by Crippen LogP contribution is -1.86. The lowest BCUT2D eigenvalue weighted by Gasteiger charge is -2.10. The molecule has 0 atom stereocenters. The molecule has 1 aromatic rings. The number of hydrogen-bond donors (Lipinski definition) is 0. The molecule has 0 N–H and O–H groups in total. The van der Waals surface area contributed by atoms with Gasteiger partial charge in [0.05, 0.1) is 9.42 Å². The van der Waals surface area contributed by atoms with Crippen LogP contribution in [0.2, 0.25) is 0 Å². The molecule has 0 aliphatic heterocycles. The maximum absolute atomic E-state index is 4.01. The molecule has 0 spiro atoms. The van der Waals surface area contributed by atoms with E-state index in [1.165, 1.54) is 0 Å². The van der Waals surface area contributed by atoms with Gasteiger partial charge >= 0.3 is 0 Å². The van der Waals surface area contributed by atoms with Crippen molar-refractivity contribution in [2.24, 2.45) is 4.99 Å². The second kappa shape index (κ2) is 5.24. The van der Waals surface area contributed by atoms with Crippen LogP contribution in [0.5, 0.6) is 0 Å². The summed E-state index contributed by atoms with van der Waals surface area (Å²) < 4.78 is 1.04. The van der Waals surface area contributed by atoms with Crippen molar-refractivity contribution in [1.82, 2.24) is 0 Å². The van der Waals surface area contributed by atoms with Crippen LogP contribution in [0.25, 0.3) is 6.08 Å². The molecule has 0 aliphatic carbocycles. The largest absolute Gasteiger partial charge is 0.264 e. The van der Waals surface area contributed by atoms with E-state index < -0.39 is 0 Å². The molecule has 0 aliphatic rings. The van der Waals surface area contributed by atoms with Gasteiger partial charge in [0, 0.05) is 15.6 Å². The summed E-state index contributed by atoms with van der Waals surface area (Å²) >= 11 is 10.3. The van der Waals surface area contributed by atoms with Gasteiger partial charge in [-0.15, -0.1) is 0 Å². The van der Waals surface area contributed by atoms with E-state index in [1.807, 2.05) is 12.1 Å². The Hall–Kier alpha value is 0.0700. The summed E-state index contributed by atoms with van der Waals surface area (Å²) in [5.41, 5.74) is 2.84. The van der Waals surface area contributed by atoms with Crippen molar-refractivity contribution < 1.29 is 0 Å². The Kier molecular flexibility index (Phi) is 4.54. The fourth-order valence-electron chi connectivity index (χ4n) is 1.15. The van der Waals surface area contributed by atoms with Crippen molar-refractivity contribution in [3.05, 3.63) is 34.3 Å². The summed E-state index contributed by atoms with van der Waals surface area (Å²) in [7, 11) is 0. The van der Waals surface area contributed by atoms with Gasteiger partial charge in [-0.3, -0.25) is 4.99 Å². The van der Waals surface area contributed by atoms with Gasteiger partial charge in [0.25, 0.3) is 0 Å². The van der Waals surface area contributed by atoms with Crippen molar-refractivity contribution in [2.45, 2.75) is 3.74 Å². The van der Waals surface area contributed by atoms with Gasteiger partial charge in [0.2, 0.25) is 0 Å². The third-order valence-corrected chi connectivity index (χ3v) is 3.47. The second-order valence-electron chi connectivity index (χ2n) is 2.56.